The summed E-state index contributed by atoms with van der Waals surface area (Å²) >= 11 is 0. The van der Waals surface area contributed by atoms with Crippen LogP contribution in [0, 0.1) is 0 Å². The first-order valence-electron chi connectivity index (χ1n) is 6.97. The van der Waals surface area contributed by atoms with Crippen molar-refractivity contribution in [2.75, 3.05) is 11.9 Å². The lowest BCUT2D eigenvalue weighted by Crippen LogP contribution is -2.51. The van der Waals surface area contributed by atoms with Crippen LogP contribution in [0.5, 0.6) is 0 Å². The van der Waals surface area contributed by atoms with Crippen molar-refractivity contribution in [3.05, 3.63) is 42.1 Å². The second-order valence-corrected chi connectivity index (χ2v) is 5.48. The predicted octanol–water partition coefficient (Wildman–Crippen LogP) is 2.42. The molecule has 1 aromatic carbocycles. The first-order valence-corrected chi connectivity index (χ1v) is 6.97. The van der Waals surface area contributed by atoms with Gasteiger partial charge in [0.15, 0.2) is 0 Å². The normalized spacial score (nSPS) is 24.8. The summed E-state index contributed by atoms with van der Waals surface area (Å²) in [5.74, 6) is 0.0692. The SMILES string of the molecule is C=C(CC)N1CC2(CCC1=O)C(=O)Nc1ccccc12. The van der Waals surface area contributed by atoms with Crippen molar-refractivity contribution in [1.82, 2.24) is 4.90 Å². The number of hydrogen-bond acceptors (Lipinski definition) is 2. The average molecular weight is 270 g/mol. The van der Waals surface area contributed by atoms with Crippen molar-refractivity contribution >= 4 is 17.5 Å². The van der Waals surface area contributed by atoms with Gasteiger partial charge in [-0.05, 0) is 24.5 Å². The fourth-order valence-electron chi connectivity index (χ4n) is 3.15. The third-order valence-corrected chi connectivity index (χ3v) is 4.41. The van der Waals surface area contributed by atoms with E-state index in [4.69, 9.17) is 0 Å². The molecule has 0 aromatic heterocycles. The Kier molecular flexibility index (Phi) is 2.89. The van der Waals surface area contributed by atoms with E-state index in [9.17, 15) is 9.59 Å². The number of piperidine rings is 1. The second kappa shape index (κ2) is 4.47. The summed E-state index contributed by atoms with van der Waals surface area (Å²) in [6, 6.07) is 7.75. The molecule has 104 valence electrons. The Morgan fingerprint density at radius 2 is 2.15 bits per heavy atom. The van der Waals surface area contributed by atoms with Gasteiger partial charge in [0.1, 0.15) is 0 Å². The maximum Gasteiger partial charge on any atom is 0.236 e. The highest BCUT2D eigenvalue weighted by molar-refractivity contribution is 6.07. The molecule has 0 saturated carbocycles. The molecule has 1 N–H and O–H groups in total. The number of anilines is 1. The maximum absolute atomic E-state index is 12.5. The highest BCUT2D eigenvalue weighted by atomic mass is 16.2. The van der Waals surface area contributed by atoms with Crippen molar-refractivity contribution in [2.24, 2.45) is 0 Å². The molecule has 1 saturated heterocycles. The van der Waals surface area contributed by atoms with E-state index in [1.807, 2.05) is 31.2 Å². The van der Waals surface area contributed by atoms with Gasteiger partial charge in [-0.15, -0.1) is 0 Å². The lowest BCUT2D eigenvalue weighted by Gasteiger charge is -2.39. The summed E-state index contributed by atoms with van der Waals surface area (Å²) in [7, 11) is 0. The lowest BCUT2D eigenvalue weighted by molar-refractivity contribution is -0.136. The Morgan fingerprint density at radius 1 is 1.40 bits per heavy atom. The third kappa shape index (κ3) is 1.68. The Labute approximate surface area is 118 Å². The quantitative estimate of drug-likeness (QED) is 0.897. The first kappa shape index (κ1) is 12.9. The maximum atomic E-state index is 12.5. The minimum absolute atomic E-state index is 0.0000954. The number of nitrogens with one attached hydrogen (secondary N) is 1. The molecule has 1 unspecified atom stereocenters. The number of carbonyl (C=O) groups is 2. The third-order valence-electron chi connectivity index (χ3n) is 4.41. The summed E-state index contributed by atoms with van der Waals surface area (Å²) in [5, 5.41) is 2.94. The zero-order valence-corrected chi connectivity index (χ0v) is 11.6. The summed E-state index contributed by atoms with van der Waals surface area (Å²) in [6.07, 6.45) is 1.67. The molecule has 1 atom stereocenters. The van der Waals surface area contributed by atoms with Crippen LogP contribution in [0.4, 0.5) is 5.69 Å². The molecular formula is C16H18N2O2. The molecule has 2 amide bonds. The molecule has 1 spiro atoms. The van der Waals surface area contributed by atoms with Crippen molar-refractivity contribution in [1.29, 1.82) is 0 Å². The van der Waals surface area contributed by atoms with Crippen LogP contribution < -0.4 is 5.32 Å². The topological polar surface area (TPSA) is 49.4 Å². The number of hydrogen-bond donors (Lipinski definition) is 1. The van der Waals surface area contributed by atoms with Crippen LogP contribution in [0.3, 0.4) is 0 Å². The number of allylic oxidation sites excluding steroid dienone is 1. The molecule has 1 fully saturated rings. The van der Waals surface area contributed by atoms with E-state index in [-0.39, 0.29) is 11.8 Å². The number of benzene rings is 1. The fourth-order valence-corrected chi connectivity index (χ4v) is 3.15. The molecule has 4 heteroatoms. The molecule has 0 aliphatic carbocycles. The van der Waals surface area contributed by atoms with E-state index in [0.717, 1.165) is 16.9 Å². The number of likely N-dealkylation sites (tertiary alicyclic amines) is 1. The van der Waals surface area contributed by atoms with Crippen LogP contribution in [0.15, 0.2) is 36.5 Å². The average Bonchev–Trinajstić information content (AvgIpc) is 2.73. The van der Waals surface area contributed by atoms with Crippen molar-refractivity contribution in [3.63, 3.8) is 0 Å². The van der Waals surface area contributed by atoms with E-state index in [1.54, 1.807) is 4.90 Å². The molecule has 0 radical (unpaired) electrons. The molecule has 0 bridgehead atoms. The van der Waals surface area contributed by atoms with Crippen LogP contribution >= 0.6 is 0 Å². The molecule has 2 aliphatic heterocycles. The minimum Gasteiger partial charge on any atom is -0.325 e. The van der Waals surface area contributed by atoms with Gasteiger partial charge in [-0.3, -0.25) is 9.59 Å². The number of fused-ring (bicyclic) bond motifs is 2. The molecule has 2 heterocycles. The smallest absolute Gasteiger partial charge is 0.236 e. The van der Waals surface area contributed by atoms with E-state index in [1.165, 1.54) is 0 Å². The van der Waals surface area contributed by atoms with Crippen LogP contribution in [-0.4, -0.2) is 23.3 Å². The van der Waals surface area contributed by atoms with Crippen LogP contribution in [0.25, 0.3) is 0 Å². The van der Waals surface area contributed by atoms with Crippen LogP contribution in [-0.2, 0) is 15.0 Å². The number of nitrogens with zero attached hydrogens (tertiary/aromatic N) is 1. The van der Waals surface area contributed by atoms with Gasteiger partial charge >= 0.3 is 0 Å². The highest BCUT2D eigenvalue weighted by Gasteiger charge is 2.51. The lowest BCUT2D eigenvalue weighted by atomic mass is 9.74. The Morgan fingerprint density at radius 3 is 2.90 bits per heavy atom. The summed E-state index contributed by atoms with van der Waals surface area (Å²) in [5.41, 5.74) is 2.05. The standard InChI is InChI=1S/C16H18N2O2/c1-3-11(2)18-10-16(9-8-14(18)19)12-6-4-5-7-13(12)17-15(16)20/h4-7H,2-3,8-10H2,1H3,(H,17,20). The largest absolute Gasteiger partial charge is 0.325 e. The number of amides is 2. The minimum atomic E-state index is -0.609. The Balaban J connectivity index is 2.03. The number of carbonyl (C=O) groups excluding carboxylic acids is 2. The number of para-hydroxylation sites is 1. The second-order valence-electron chi connectivity index (χ2n) is 5.48. The van der Waals surface area contributed by atoms with Crippen molar-refractivity contribution in [2.45, 2.75) is 31.6 Å². The zero-order chi connectivity index (χ0) is 14.3. The van der Waals surface area contributed by atoms with Gasteiger partial charge in [0.05, 0.1) is 5.41 Å². The Hall–Kier alpha value is -2.10. The van der Waals surface area contributed by atoms with Crippen LogP contribution in [0.2, 0.25) is 0 Å². The molecular weight excluding hydrogens is 252 g/mol. The van der Waals surface area contributed by atoms with Gasteiger partial charge in [-0.2, -0.15) is 0 Å². The van der Waals surface area contributed by atoms with Crippen molar-refractivity contribution < 1.29 is 9.59 Å². The summed E-state index contributed by atoms with van der Waals surface area (Å²) in [6.45, 7) is 6.33. The molecule has 4 nitrogen and oxygen atoms in total. The van der Waals surface area contributed by atoms with Crippen LogP contribution in [0.1, 0.15) is 31.7 Å². The molecule has 20 heavy (non-hydrogen) atoms. The molecule has 2 aliphatic rings. The fraction of sp³-hybridized carbons (Fsp3) is 0.375. The first-order chi connectivity index (χ1) is 9.58. The monoisotopic (exact) mass is 270 g/mol. The van der Waals surface area contributed by atoms with E-state index in [0.29, 0.717) is 25.8 Å². The van der Waals surface area contributed by atoms with Gasteiger partial charge < -0.3 is 10.2 Å². The van der Waals surface area contributed by atoms with Gasteiger partial charge in [0, 0.05) is 24.4 Å². The van der Waals surface area contributed by atoms with E-state index in [2.05, 4.69) is 11.9 Å². The Bertz CT molecular complexity index is 600. The van der Waals surface area contributed by atoms with E-state index < -0.39 is 5.41 Å². The van der Waals surface area contributed by atoms with E-state index >= 15 is 0 Å². The summed E-state index contributed by atoms with van der Waals surface area (Å²) in [4.78, 5) is 26.3. The summed E-state index contributed by atoms with van der Waals surface area (Å²) < 4.78 is 0. The molecule has 3 rings (SSSR count). The predicted molar refractivity (Wildman–Crippen MR) is 77.1 cm³/mol. The zero-order valence-electron chi connectivity index (χ0n) is 11.6. The van der Waals surface area contributed by atoms with Gasteiger partial charge in [-0.25, -0.2) is 0 Å². The highest BCUT2D eigenvalue weighted by Crippen LogP contribution is 2.44. The van der Waals surface area contributed by atoms with Gasteiger partial charge in [-0.1, -0.05) is 31.7 Å². The van der Waals surface area contributed by atoms with Crippen molar-refractivity contribution in [3.8, 4) is 0 Å². The van der Waals surface area contributed by atoms with Gasteiger partial charge in [0.2, 0.25) is 11.8 Å². The van der Waals surface area contributed by atoms with Gasteiger partial charge in [0.25, 0.3) is 0 Å². The molecule has 1 aromatic rings. The number of rotatable bonds is 2.